The lowest BCUT2D eigenvalue weighted by molar-refractivity contribution is 0.574. The molecule has 2 aromatic carbocycles. The topological polar surface area (TPSA) is 52.1 Å². The molecular weight excluding hydrogens is 252 g/mol. The molecule has 0 saturated carbocycles. The second-order valence-corrected chi connectivity index (χ2v) is 4.45. The Morgan fingerprint density at radius 1 is 0.650 bits per heavy atom. The van der Waals surface area contributed by atoms with Crippen molar-refractivity contribution in [3.63, 3.8) is 0 Å². The minimum atomic E-state index is 0.619. The maximum Gasteiger partial charge on any atom is 0.225 e. The van der Waals surface area contributed by atoms with Crippen molar-refractivity contribution >= 4 is 10.8 Å². The first kappa shape index (κ1) is 11.0. The first-order valence-corrected chi connectivity index (χ1v) is 6.24. The molecule has 4 heteroatoms. The molecule has 2 aromatic heterocycles. The van der Waals surface area contributed by atoms with Crippen molar-refractivity contribution in [2.24, 2.45) is 0 Å². The fourth-order valence-corrected chi connectivity index (χ4v) is 2.24. The number of fused-ring (bicyclic) bond motifs is 1. The zero-order valence-electron chi connectivity index (χ0n) is 10.5. The largest absolute Gasteiger partial charge is 0.445 e. The highest BCUT2D eigenvalue weighted by Crippen LogP contribution is 2.27. The van der Waals surface area contributed by atoms with Gasteiger partial charge in [-0.05, 0) is 35.0 Å². The lowest BCUT2D eigenvalue weighted by Crippen LogP contribution is -1.81. The number of hydrogen-bond donors (Lipinski definition) is 0. The number of benzene rings is 2. The smallest absolute Gasteiger partial charge is 0.225 e. The quantitative estimate of drug-likeness (QED) is 0.544. The van der Waals surface area contributed by atoms with Gasteiger partial charge in [0.1, 0.15) is 12.5 Å². The predicted octanol–water partition coefficient (Wildman–Crippen LogP) is 4.15. The zero-order chi connectivity index (χ0) is 13.4. The summed E-state index contributed by atoms with van der Waals surface area (Å²) < 4.78 is 10.7. The van der Waals surface area contributed by atoms with E-state index in [-0.39, 0.29) is 0 Å². The van der Waals surface area contributed by atoms with Crippen molar-refractivity contribution in [1.82, 2.24) is 9.97 Å². The summed E-state index contributed by atoms with van der Waals surface area (Å²) in [7, 11) is 0. The minimum Gasteiger partial charge on any atom is -0.445 e. The molecule has 0 aliphatic carbocycles. The van der Waals surface area contributed by atoms with E-state index in [0.717, 1.165) is 21.9 Å². The van der Waals surface area contributed by atoms with Gasteiger partial charge in [0, 0.05) is 11.1 Å². The Morgan fingerprint density at radius 2 is 1.20 bits per heavy atom. The second kappa shape index (κ2) is 4.35. The van der Waals surface area contributed by atoms with Crippen LogP contribution in [0, 0.1) is 0 Å². The lowest BCUT2D eigenvalue weighted by Gasteiger charge is -2.02. The van der Waals surface area contributed by atoms with E-state index in [1.165, 1.54) is 0 Å². The van der Waals surface area contributed by atoms with Gasteiger partial charge in [-0.25, -0.2) is 9.97 Å². The fourth-order valence-electron chi connectivity index (χ4n) is 2.24. The lowest BCUT2D eigenvalue weighted by atomic mass is 10.0. The van der Waals surface area contributed by atoms with Gasteiger partial charge >= 0.3 is 0 Å². The fraction of sp³-hybridized carbons (Fsp3) is 0. The summed E-state index contributed by atoms with van der Waals surface area (Å²) in [5.41, 5.74) is 1.90. The Bertz CT molecular complexity index is 780. The van der Waals surface area contributed by atoms with Crippen molar-refractivity contribution in [3.8, 4) is 22.9 Å². The minimum absolute atomic E-state index is 0.619. The molecule has 0 N–H and O–H groups in total. The van der Waals surface area contributed by atoms with Crippen molar-refractivity contribution in [1.29, 1.82) is 0 Å². The number of oxazole rings is 2. The van der Waals surface area contributed by atoms with Crippen LogP contribution in [0.5, 0.6) is 0 Å². The van der Waals surface area contributed by atoms with Crippen molar-refractivity contribution in [3.05, 3.63) is 61.3 Å². The van der Waals surface area contributed by atoms with Gasteiger partial charge in [-0.2, -0.15) is 0 Å². The summed E-state index contributed by atoms with van der Waals surface area (Å²) in [6, 6.07) is 12.2. The van der Waals surface area contributed by atoms with Crippen LogP contribution in [0.15, 0.2) is 70.2 Å². The standard InChI is InChI=1S/C16H10N2O2/c1-3-12(15-17-5-7-19-15)9-14-10-13(4-2-11(1)14)16-18-6-8-20-16/h1-10H. The molecule has 0 bridgehead atoms. The summed E-state index contributed by atoms with van der Waals surface area (Å²) in [6.07, 6.45) is 6.43. The Hall–Kier alpha value is -2.88. The molecule has 20 heavy (non-hydrogen) atoms. The third-order valence-electron chi connectivity index (χ3n) is 3.20. The molecule has 0 spiro atoms. The van der Waals surface area contributed by atoms with Gasteiger partial charge in [-0.15, -0.1) is 0 Å². The molecule has 4 nitrogen and oxygen atoms in total. The van der Waals surface area contributed by atoms with Crippen molar-refractivity contribution < 1.29 is 8.83 Å². The highest BCUT2D eigenvalue weighted by molar-refractivity contribution is 5.89. The zero-order valence-corrected chi connectivity index (χ0v) is 10.5. The molecule has 96 valence electrons. The molecule has 0 amide bonds. The third kappa shape index (κ3) is 1.78. The number of rotatable bonds is 2. The average molecular weight is 262 g/mol. The highest BCUT2D eigenvalue weighted by atomic mass is 16.3. The molecule has 0 fully saturated rings. The van der Waals surface area contributed by atoms with Gasteiger partial charge in [0.15, 0.2) is 0 Å². The van der Waals surface area contributed by atoms with E-state index in [0.29, 0.717) is 11.8 Å². The van der Waals surface area contributed by atoms with Gasteiger partial charge in [-0.3, -0.25) is 0 Å². The summed E-state index contributed by atoms with van der Waals surface area (Å²) in [5, 5.41) is 2.24. The Morgan fingerprint density at radius 3 is 1.65 bits per heavy atom. The average Bonchev–Trinajstić information content (AvgIpc) is 3.19. The molecule has 0 saturated heterocycles. The van der Waals surface area contributed by atoms with E-state index in [1.54, 1.807) is 24.9 Å². The molecule has 0 aliphatic heterocycles. The first-order chi connectivity index (χ1) is 9.90. The normalized spacial score (nSPS) is 11.0. The molecule has 0 unspecified atom stereocenters. The van der Waals surface area contributed by atoms with Crippen LogP contribution in [0.2, 0.25) is 0 Å². The predicted molar refractivity (Wildman–Crippen MR) is 74.9 cm³/mol. The summed E-state index contributed by atoms with van der Waals surface area (Å²) in [5.74, 6) is 1.24. The van der Waals surface area contributed by atoms with Crippen LogP contribution in [0.1, 0.15) is 0 Å². The van der Waals surface area contributed by atoms with Crippen LogP contribution < -0.4 is 0 Å². The van der Waals surface area contributed by atoms with E-state index in [4.69, 9.17) is 8.83 Å². The van der Waals surface area contributed by atoms with Crippen molar-refractivity contribution in [2.75, 3.05) is 0 Å². The number of hydrogen-bond acceptors (Lipinski definition) is 4. The van der Waals surface area contributed by atoms with E-state index in [9.17, 15) is 0 Å². The number of aromatic nitrogens is 2. The Labute approximate surface area is 114 Å². The van der Waals surface area contributed by atoms with E-state index in [2.05, 4.69) is 9.97 Å². The van der Waals surface area contributed by atoms with E-state index < -0.39 is 0 Å². The monoisotopic (exact) mass is 262 g/mol. The van der Waals surface area contributed by atoms with Crippen LogP contribution in [0.25, 0.3) is 33.7 Å². The summed E-state index contributed by atoms with van der Waals surface area (Å²) in [6.45, 7) is 0. The molecule has 0 atom stereocenters. The SMILES string of the molecule is c1coc(-c2ccc3ccc(-c4ncco4)cc3c2)n1. The van der Waals surface area contributed by atoms with Crippen LogP contribution in [-0.4, -0.2) is 9.97 Å². The van der Waals surface area contributed by atoms with Crippen LogP contribution in [0.3, 0.4) is 0 Å². The maximum absolute atomic E-state index is 5.33. The van der Waals surface area contributed by atoms with Gasteiger partial charge in [0.05, 0.1) is 12.4 Å². The Kier molecular flexibility index (Phi) is 2.39. The van der Waals surface area contributed by atoms with Crippen LogP contribution in [0.4, 0.5) is 0 Å². The second-order valence-electron chi connectivity index (χ2n) is 4.45. The van der Waals surface area contributed by atoms with Gasteiger partial charge in [0.2, 0.25) is 11.8 Å². The van der Waals surface area contributed by atoms with Crippen LogP contribution in [-0.2, 0) is 0 Å². The Balaban J connectivity index is 1.88. The molecule has 0 radical (unpaired) electrons. The van der Waals surface area contributed by atoms with Gasteiger partial charge in [0.25, 0.3) is 0 Å². The molecular formula is C16H10N2O2. The molecule has 0 aliphatic rings. The summed E-state index contributed by atoms with van der Waals surface area (Å²) >= 11 is 0. The highest BCUT2D eigenvalue weighted by Gasteiger charge is 2.06. The van der Waals surface area contributed by atoms with E-state index >= 15 is 0 Å². The third-order valence-corrected chi connectivity index (χ3v) is 3.20. The molecule has 2 heterocycles. The van der Waals surface area contributed by atoms with Gasteiger partial charge in [-0.1, -0.05) is 12.1 Å². The summed E-state index contributed by atoms with van der Waals surface area (Å²) in [4.78, 5) is 8.34. The van der Waals surface area contributed by atoms with Crippen LogP contribution >= 0.6 is 0 Å². The van der Waals surface area contributed by atoms with Gasteiger partial charge < -0.3 is 8.83 Å². The van der Waals surface area contributed by atoms with E-state index in [1.807, 2.05) is 36.4 Å². The van der Waals surface area contributed by atoms with Crippen molar-refractivity contribution in [2.45, 2.75) is 0 Å². The molecule has 4 rings (SSSR count). The number of nitrogens with zero attached hydrogens (tertiary/aromatic N) is 2. The first-order valence-electron chi connectivity index (χ1n) is 6.24. The maximum atomic E-state index is 5.33. The molecule has 4 aromatic rings.